The van der Waals surface area contributed by atoms with Gasteiger partial charge in [-0.25, -0.2) is 0 Å². The number of rotatable bonds is 5. The summed E-state index contributed by atoms with van der Waals surface area (Å²) >= 11 is 1.76. The molecule has 1 N–H and O–H groups in total. The Kier molecular flexibility index (Phi) is 5.02. The van der Waals surface area contributed by atoms with Crippen molar-refractivity contribution in [1.29, 1.82) is 5.26 Å². The average molecular weight is 268 g/mol. The highest BCUT2D eigenvalue weighted by atomic mass is 32.2. The zero-order valence-corrected chi connectivity index (χ0v) is 11.7. The van der Waals surface area contributed by atoms with Crippen LogP contribution in [0.1, 0.15) is 16.7 Å². The predicted molar refractivity (Wildman–Crippen MR) is 79.9 cm³/mol. The van der Waals surface area contributed by atoms with Crippen LogP contribution in [-0.4, -0.2) is 7.05 Å². The second-order valence-corrected chi connectivity index (χ2v) is 5.28. The third-order valence-electron chi connectivity index (χ3n) is 2.81. The van der Waals surface area contributed by atoms with Crippen molar-refractivity contribution in [3.63, 3.8) is 0 Å². The lowest BCUT2D eigenvalue weighted by Crippen LogP contribution is -2.04. The van der Waals surface area contributed by atoms with E-state index >= 15 is 0 Å². The maximum absolute atomic E-state index is 9.06. The molecule has 0 saturated carbocycles. The van der Waals surface area contributed by atoms with Gasteiger partial charge in [-0.15, -0.1) is 11.8 Å². The van der Waals surface area contributed by atoms with Crippen molar-refractivity contribution in [1.82, 2.24) is 5.32 Å². The van der Waals surface area contributed by atoms with Crippen molar-refractivity contribution in [2.24, 2.45) is 0 Å². The molecule has 0 fully saturated rings. The number of nitrogens with zero attached hydrogens (tertiary/aromatic N) is 1. The fraction of sp³-hybridized carbons (Fsp3) is 0.188. The van der Waals surface area contributed by atoms with Gasteiger partial charge in [0, 0.05) is 17.2 Å². The van der Waals surface area contributed by atoms with E-state index in [1.54, 1.807) is 11.8 Å². The van der Waals surface area contributed by atoms with Crippen molar-refractivity contribution in [3.05, 3.63) is 65.2 Å². The Bertz CT molecular complexity index is 587. The largest absolute Gasteiger partial charge is 0.316 e. The fourth-order valence-electron chi connectivity index (χ4n) is 1.87. The van der Waals surface area contributed by atoms with Crippen LogP contribution in [0.4, 0.5) is 0 Å². The van der Waals surface area contributed by atoms with E-state index in [2.05, 4.69) is 35.7 Å². The lowest BCUT2D eigenvalue weighted by atomic mass is 10.1. The Labute approximate surface area is 118 Å². The molecule has 19 heavy (non-hydrogen) atoms. The van der Waals surface area contributed by atoms with Gasteiger partial charge in [-0.05, 0) is 36.4 Å². The van der Waals surface area contributed by atoms with Crippen LogP contribution in [0.25, 0.3) is 0 Å². The first-order valence-corrected chi connectivity index (χ1v) is 7.16. The summed E-state index contributed by atoms with van der Waals surface area (Å²) in [7, 11) is 1.95. The smallest absolute Gasteiger partial charge is 0.0994 e. The molecule has 0 bridgehead atoms. The highest BCUT2D eigenvalue weighted by Crippen LogP contribution is 2.25. The zero-order chi connectivity index (χ0) is 13.5. The molecule has 0 aliphatic carbocycles. The molecule has 0 atom stereocenters. The summed E-state index contributed by atoms with van der Waals surface area (Å²) < 4.78 is 0. The molecule has 2 rings (SSSR count). The van der Waals surface area contributed by atoms with Gasteiger partial charge >= 0.3 is 0 Å². The van der Waals surface area contributed by atoms with Crippen molar-refractivity contribution < 1.29 is 0 Å². The van der Waals surface area contributed by atoms with Gasteiger partial charge < -0.3 is 5.32 Å². The molecule has 0 aromatic heterocycles. The molecular weight excluding hydrogens is 252 g/mol. The lowest BCUT2D eigenvalue weighted by Gasteiger charge is -2.06. The fourth-order valence-corrected chi connectivity index (χ4v) is 2.85. The van der Waals surface area contributed by atoms with E-state index in [0.29, 0.717) is 0 Å². The number of thioether (sulfide) groups is 1. The lowest BCUT2D eigenvalue weighted by molar-refractivity contribution is 0.815. The highest BCUT2D eigenvalue weighted by molar-refractivity contribution is 7.98. The van der Waals surface area contributed by atoms with Gasteiger partial charge in [-0.2, -0.15) is 5.26 Å². The SMILES string of the molecule is CNCc1cccc(SCc2ccccc2C#N)c1. The first-order valence-electron chi connectivity index (χ1n) is 6.18. The summed E-state index contributed by atoms with van der Waals surface area (Å²) in [5, 5.41) is 12.2. The zero-order valence-electron chi connectivity index (χ0n) is 10.9. The first-order chi connectivity index (χ1) is 9.33. The minimum absolute atomic E-state index is 0.765. The van der Waals surface area contributed by atoms with E-state index < -0.39 is 0 Å². The Balaban J connectivity index is 2.06. The summed E-state index contributed by atoms with van der Waals surface area (Å²) in [4.78, 5) is 1.24. The topological polar surface area (TPSA) is 35.8 Å². The predicted octanol–water partition coefficient (Wildman–Crippen LogP) is 3.57. The molecule has 3 heteroatoms. The standard InChI is InChI=1S/C16H16N2S/c1-18-11-13-5-4-8-16(9-13)19-12-15-7-3-2-6-14(15)10-17/h2-9,18H,11-12H2,1H3. The second kappa shape index (κ2) is 6.98. The van der Waals surface area contributed by atoms with E-state index in [9.17, 15) is 0 Å². The van der Waals surface area contributed by atoms with Gasteiger partial charge in [0.2, 0.25) is 0 Å². The molecular formula is C16H16N2S. The number of nitrogens with one attached hydrogen (secondary N) is 1. The minimum Gasteiger partial charge on any atom is -0.316 e. The summed E-state index contributed by atoms with van der Waals surface area (Å²) in [5.41, 5.74) is 3.14. The average Bonchev–Trinajstić information content (AvgIpc) is 2.46. The number of nitriles is 1. The normalized spacial score (nSPS) is 10.1. The summed E-state index contributed by atoms with van der Waals surface area (Å²) in [6, 6.07) is 18.5. The molecule has 0 aliphatic heterocycles. The van der Waals surface area contributed by atoms with Gasteiger partial charge in [0.25, 0.3) is 0 Å². The van der Waals surface area contributed by atoms with Crippen molar-refractivity contribution in [3.8, 4) is 6.07 Å². The van der Waals surface area contributed by atoms with Gasteiger partial charge in [-0.3, -0.25) is 0 Å². The monoisotopic (exact) mass is 268 g/mol. The summed E-state index contributed by atoms with van der Waals surface area (Å²) in [6.45, 7) is 0.878. The maximum Gasteiger partial charge on any atom is 0.0994 e. The van der Waals surface area contributed by atoms with Crippen molar-refractivity contribution in [2.45, 2.75) is 17.2 Å². The van der Waals surface area contributed by atoms with Crippen molar-refractivity contribution in [2.75, 3.05) is 7.05 Å². The highest BCUT2D eigenvalue weighted by Gasteiger charge is 2.02. The Morgan fingerprint density at radius 2 is 2.00 bits per heavy atom. The Morgan fingerprint density at radius 3 is 2.79 bits per heavy atom. The molecule has 0 amide bonds. The Morgan fingerprint density at radius 1 is 1.16 bits per heavy atom. The van der Waals surface area contributed by atoms with Crippen LogP contribution >= 0.6 is 11.8 Å². The van der Waals surface area contributed by atoms with Crippen LogP contribution in [-0.2, 0) is 12.3 Å². The quantitative estimate of drug-likeness (QED) is 0.842. The molecule has 96 valence electrons. The Hall–Kier alpha value is -1.76. The van der Waals surface area contributed by atoms with E-state index in [1.165, 1.54) is 10.5 Å². The van der Waals surface area contributed by atoms with E-state index in [4.69, 9.17) is 5.26 Å². The van der Waals surface area contributed by atoms with E-state index in [1.807, 2.05) is 31.3 Å². The molecule has 0 saturated heterocycles. The number of hydrogen-bond acceptors (Lipinski definition) is 3. The molecule has 0 aliphatic rings. The molecule has 0 unspecified atom stereocenters. The molecule has 0 spiro atoms. The number of hydrogen-bond donors (Lipinski definition) is 1. The van der Waals surface area contributed by atoms with Crippen LogP contribution in [0.15, 0.2) is 53.4 Å². The minimum atomic E-state index is 0.765. The van der Waals surface area contributed by atoms with Crippen molar-refractivity contribution >= 4 is 11.8 Å². The van der Waals surface area contributed by atoms with Gasteiger partial charge in [0.15, 0.2) is 0 Å². The van der Waals surface area contributed by atoms with Gasteiger partial charge in [0.1, 0.15) is 0 Å². The molecule has 2 nitrogen and oxygen atoms in total. The maximum atomic E-state index is 9.06. The third-order valence-corrected chi connectivity index (χ3v) is 3.85. The summed E-state index contributed by atoms with van der Waals surface area (Å²) in [5.74, 6) is 0.826. The molecule has 0 heterocycles. The third kappa shape index (κ3) is 3.85. The second-order valence-electron chi connectivity index (χ2n) is 4.24. The number of benzene rings is 2. The van der Waals surface area contributed by atoms with Crippen LogP contribution in [0.5, 0.6) is 0 Å². The van der Waals surface area contributed by atoms with Crippen LogP contribution in [0.3, 0.4) is 0 Å². The van der Waals surface area contributed by atoms with Crippen LogP contribution in [0, 0.1) is 11.3 Å². The van der Waals surface area contributed by atoms with E-state index in [-0.39, 0.29) is 0 Å². The molecule has 0 radical (unpaired) electrons. The first kappa shape index (κ1) is 13.7. The molecule has 2 aromatic carbocycles. The van der Waals surface area contributed by atoms with Gasteiger partial charge in [-0.1, -0.05) is 30.3 Å². The summed E-state index contributed by atoms with van der Waals surface area (Å²) in [6.07, 6.45) is 0. The van der Waals surface area contributed by atoms with Gasteiger partial charge in [0.05, 0.1) is 11.6 Å². The van der Waals surface area contributed by atoms with Crippen LogP contribution < -0.4 is 5.32 Å². The van der Waals surface area contributed by atoms with E-state index in [0.717, 1.165) is 23.4 Å². The van der Waals surface area contributed by atoms with Crippen LogP contribution in [0.2, 0.25) is 0 Å². The molecule has 2 aromatic rings.